The zero-order valence-electron chi connectivity index (χ0n) is 15.1. The molecule has 2 aliphatic rings. The molecule has 2 amide bonds. The minimum atomic E-state index is -0.226. The van der Waals surface area contributed by atoms with Crippen LogP contribution in [0.2, 0.25) is 0 Å². The third-order valence-corrected chi connectivity index (χ3v) is 5.61. The van der Waals surface area contributed by atoms with Crippen molar-refractivity contribution in [2.75, 3.05) is 18.4 Å². The monoisotopic (exact) mass is 369 g/mol. The van der Waals surface area contributed by atoms with Gasteiger partial charge in [-0.15, -0.1) is 0 Å². The van der Waals surface area contributed by atoms with Gasteiger partial charge in [0.1, 0.15) is 5.76 Å². The Labute approximate surface area is 156 Å². The van der Waals surface area contributed by atoms with Crippen LogP contribution in [0.15, 0.2) is 39.6 Å². The fourth-order valence-corrected chi connectivity index (χ4v) is 4.01. The Balaban J connectivity index is 1.28. The van der Waals surface area contributed by atoms with Gasteiger partial charge in [-0.25, -0.2) is 0 Å². The maximum atomic E-state index is 12.6. The average Bonchev–Trinajstić information content (AvgIpc) is 3.12. The molecule has 2 N–H and O–H groups in total. The first-order valence-corrected chi connectivity index (χ1v) is 9.45. The number of benzene rings is 1. The summed E-state index contributed by atoms with van der Waals surface area (Å²) in [6.45, 7) is 1.30. The van der Waals surface area contributed by atoms with Gasteiger partial charge in [-0.1, -0.05) is 18.2 Å². The summed E-state index contributed by atoms with van der Waals surface area (Å²) in [6.07, 6.45) is 3.19. The van der Waals surface area contributed by atoms with Gasteiger partial charge in [0, 0.05) is 43.1 Å². The van der Waals surface area contributed by atoms with Crippen molar-refractivity contribution in [2.24, 2.45) is 5.92 Å². The van der Waals surface area contributed by atoms with E-state index >= 15 is 0 Å². The number of carbonyl (C=O) groups excluding carboxylic acids is 2. The number of carbonyl (C=O) groups is 2. The van der Waals surface area contributed by atoms with Gasteiger partial charge in [0.2, 0.25) is 11.8 Å². The second-order valence-electron chi connectivity index (χ2n) is 7.36. The quantitative estimate of drug-likeness (QED) is 0.864. The second-order valence-corrected chi connectivity index (χ2v) is 7.36. The van der Waals surface area contributed by atoms with Crippen molar-refractivity contribution < 1.29 is 14.1 Å². The standard InChI is InChI=1S/C20H23N3O4/c24-18-12-17(27-22-18)13-7-9-23(10-8-13)19(25)6-5-15-11-14-3-1-2-4-16(14)21-20(15)26/h1-4,12-13,15H,5-11H2,(H,21,26)(H,22,24). The van der Waals surface area contributed by atoms with Gasteiger partial charge < -0.3 is 14.7 Å². The summed E-state index contributed by atoms with van der Waals surface area (Å²) in [5, 5.41) is 5.26. The molecule has 4 rings (SSSR count). The zero-order chi connectivity index (χ0) is 18.8. The molecule has 3 heterocycles. The molecule has 0 radical (unpaired) electrons. The van der Waals surface area contributed by atoms with Gasteiger partial charge in [0.05, 0.1) is 0 Å². The Kier molecular flexibility index (Phi) is 4.83. The summed E-state index contributed by atoms with van der Waals surface area (Å²) in [4.78, 5) is 37.9. The van der Waals surface area contributed by atoms with Crippen molar-refractivity contribution >= 4 is 17.5 Å². The number of H-pyrrole nitrogens is 1. The first-order valence-electron chi connectivity index (χ1n) is 9.45. The average molecular weight is 369 g/mol. The molecule has 1 aromatic carbocycles. The maximum absolute atomic E-state index is 12.6. The van der Waals surface area contributed by atoms with Crippen LogP contribution >= 0.6 is 0 Å². The number of likely N-dealkylation sites (tertiary alicyclic amines) is 1. The van der Waals surface area contributed by atoms with Crippen LogP contribution in [-0.4, -0.2) is 35.0 Å². The topological polar surface area (TPSA) is 95.4 Å². The number of para-hydroxylation sites is 1. The van der Waals surface area contributed by atoms with E-state index in [2.05, 4.69) is 10.5 Å². The van der Waals surface area contributed by atoms with Gasteiger partial charge in [0.25, 0.3) is 5.56 Å². The first-order chi connectivity index (χ1) is 13.1. The third-order valence-electron chi connectivity index (χ3n) is 5.61. The number of hydrogen-bond acceptors (Lipinski definition) is 4. The number of amides is 2. The molecule has 2 aliphatic heterocycles. The van der Waals surface area contributed by atoms with Crippen molar-refractivity contribution in [1.82, 2.24) is 10.1 Å². The minimum Gasteiger partial charge on any atom is -0.383 e. The van der Waals surface area contributed by atoms with E-state index in [9.17, 15) is 14.4 Å². The summed E-state index contributed by atoms with van der Waals surface area (Å²) in [5.41, 5.74) is 1.78. The maximum Gasteiger partial charge on any atom is 0.280 e. The minimum absolute atomic E-state index is 0.00250. The highest BCUT2D eigenvalue weighted by molar-refractivity contribution is 5.96. The van der Waals surface area contributed by atoms with Crippen LogP contribution in [0.25, 0.3) is 0 Å². The van der Waals surface area contributed by atoms with Gasteiger partial charge in [-0.05, 0) is 37.3 Å². The molecule has 7 heteroatoms. The van der Waals surface area contributed by atoms with E-state index in [-0.39, 0.29) is 29.2 Å². The van der Waals surface area contributed by atoms with E-state index in [4.69, 9.17) is 4.52 Å². The number of aromatic nitrogens is 1. The fraction of sp³-hybridized carbons (Fsp3) is 0.450. The van der Waals surface area contributed by atoms with Crippen molar-refractivity contribution in [3.63, 3.8) is 0 Å². The molecule has 0 bridgehead atoms. The zero-order valence-corrected chi connectivity index (χ0v) is 15.1. The van der Waals surface area contributed by atoms with Crippen LogP contribution < -0.4 is 10.9 Å². The number of piperidine rings is 1. The van der Waals surface area contributed by atoms with Crippen LogP contribution in [-0.2, 0) is 16.0 Å². The second kappa shape index (κ2) is 7.42. The molecule has 1 saturated heterocycles. The largest absolute Gasteiger partial charge is 0.383 e. The van der Waals surface area contributed by atoms with Crippen molar-refractivity contribution in [2.45, 2.75) is 38.0 Å². The molecule has 1 unspecified atom stereocenters. The van der Waals surface area contributed by atoms with E-state index in [1.807, 2.05) is 29.2 Å². The van der Waals surface area contributed by atoms with Gasteiger partial charge in [-0.3, -0.25) is 14.4 Å². The molecule has 2 aromatic rings. The van der Waals surface area contributed by atoms with E-state index in [0.717, 1.165) is 24.1 Å². The molecule has 0 aliphatic carbocycles. The number of anilines is 1. The summed E-state index contributed by atoms with van der Waals surface area (Å²) < 4.78 is 5.18. The number of nitrogens with zero attached hydrogens (tertiary/aromatic N) is 1. The molecule has 7 nitrogen and oxygen atoms in total. The lowest BCUT2D eigenvalue weighted by Crippen LogP contribution is -2.38. The third kappa shape index (κ3) is 3.82. The van der Waals surface area contributed by atoms with Gasteiger partial charge in [-0.2, -0.15) is 5.16 Å². The Bertz CT molecular complexity index is 892. The molecular formula is C20H23N3O4. The molecule has 0 saturated carbocycles. The van der Waals surface area contributed by atoms with Gasteiger partial charge >= 0.3 is 0 Å². The van der Waals surface area contributed by atoms with Crippen LogP contribution in [0.5, 0.6) is 0 Å². The van der Waals surface area contributed by atoms with Crippen LogP contribution in [0.3, 0.4) is 0 Å². The molecule has 1 fully saturated rings. The lowest BCUT2D eigenvalue weighted by atomic mass is 9.89. The van der Waals surface area contributed by atoms with E-state index < -0.39 is 0 Å². The summed E-state index contributed by atoms with van der Waals surface area (Å²) in [5.74, 6) is 0.784. The Morgan fingerprint density at radius 1 is 1.19 bits per heavy atom. The Morgan fingerprint density at radius 3 is 2.70 bits per heavy atom. The van der Waals surface area contributed by atoms with Crippen LogP contribution in [0.1, 0.15) is 42.9 Å². The molecule has 142 valence electrons. The molecule has 1 atom stereocenters. The number of hydrogen-bond donors (Lipinski definition) is 2. The predicted octanol–water partition coefficient (Wildman–Crippen LogP) is 2.27. The first kappa shape index (κ1) is 17.6. The lowest BCUT2D eigenvalue weighted by molar-refractivity contribution is -0.132. The summed E-state index contributed by atoms with van der Waals surface area (Å²) >= 11 is 0. The van der Waals surface area contributed by atoms with Crippen molar-refractivity contribution in [3.05, 3.63) is 52.0 Å². The molecule has 1 aromatic heterocycles. The summed E-state index contributed by atoms with van der Waals surface area (Å²) in [7, 11) is 0. The van der Waals surface area contributed by atoms with Crippen LogP contribution in [0.4, 0.5) is 5.69 Å². The van der Waals surface area contributed by atoms with Gasteiger partial charge in [0.15, 0.2) is 0 Å². The van der Waals surface area contributed by atoms with E-state index in [1.54, 1.807) is 0 Å². The SMILES string of the molecule is O=C1Nc2ccccc2CC1CCC(=O)N1CCC(c2cc(=O)[nH]o2)CC1. The highest BCUT2D eigenvalue weighted by Crippen LogP contribution is 2.29. The number of nitrogens with one attached hydrogen (secondary N) is 2. The van der Waals surface area contributed by atoms with E-state index in [0.29, 0.717) is 38.1 Å². The normalized spacial score (nSPS) is 20.2. The number of rotatable bonds is 4. The number of fused-ring (bicyclic) bond motifs is 1. The van der Waals surface area contributed by atoms with Crippen molar-refractivity contribution in [3.8, 4) is 0 Å². The smallest absolute Gasteiger partial charge is 0.280 e. The summed E-state index contributed by atoms with van der Waals surface area (Å²) in [6, 6.07) is 9.29. The fourth-order valence-electron chi connectivity index (χ4n) is 4.01. The van der Waals surface area contributed by atoms with Crippen LogP contribution in [0, 0.1) is 5.92 Å². The Hall–Kier alpha value is -2.83. The molecular weight excluding hydrogens is 346 g/mol. The number of aromatic amines is 1. The molecule has 0 spiro atoms. The Morgan fingerprint density at radius 2 is 1.96 bits per heavy atom. The lowest BCUT2D eigenvalue weighted by Gasteiger charge is -2.31. The molecule has 27 heavy (non-hydrogen) atoms. The van der Waals surface area contributed by atoms with Crippen molar-refractivity contribution in [1.29, 1.82) is 0 Å². The highest BCUT2D eigenvalue weighted by atomic mass is 16.5. The van der Waals surface area contributed by atoms with E-state index in [1.165, 1.54) is 6.07 Å². The predicted molar refractivity (Wildman–Crippen MR) is 99.4 cm³/mol. The highest BCUT2D eigenvalue weighted by Gasteiger charge is 2.29.